The normalized spacial score (nSPS) is 10.6. The van der Waals surface area contributed by atoms with Crippen molar-refractivity contribution < 1.29 is 0 Å². The maximum absolute atomic E-state index is 5.81. The topological polar surface area (TPSA) is 38.0 Å². The highest BCUT2D eigenvalue weighted by atomic mass is 14.9. The highest BCUT2D eigenvalue weighted by molar-refractivity contribution is 5.56. The molecule has 1 rings (SSSR count). The maximum Gasteiger partial charge on any atom is 0.0345 e. The molecule has 0 radical (unpaired) electrons. The molecule has 0 saturated carbocycles. The molecule has 1 aromatic carbocycles. The van der Waals surface area contributed by atoms with Crippen LogP contribution in [0.5, 0.6) is 0 Å². The number of nitrogen functional groups attached to an aromatic ring is 1. The van der Waals surface area contributed by atoms with Crippen molar-refractivity contribution >= 4 is 11.4 Å². The van der Waals surface area contributed by atoms with E-state index in [1.54, 1.807) is 0 Å². The highest BCUT2D eigenvalue weighted by Crippen LogP contribution is 2.16. The fourth-order valence-corrected chi connectivity index (χ4v) is 2.28. The molecule has 0 saturated heterocycles. The number of hydrogen-bond acceptors (Lipinski definition) is 2. The predicted molar refractivity (Wildman–Crippen MR) is 86.7 cm³/mol. The second-order valence-electron chi connectivity index (χ2n) is 5.47. The van der Waals surface area contributed by atoms with Gasteiger partial charge in [-0.3, -0.25) is 0 Å². The molecule has 0 aliphatic heterocycles. The van der Waals surface area contributed by atoms with Crippen LogP contribution in [0.4, 0.5) is 11.4 Å². The molecule has 3 N–H and O–H groups in total. The molecule has 0 fully saturated rings. The van der Waals surface area contributed by atoms with Crippen molar-refractivity contribution in [1.82, 2.24) is 0 Å². The van der Waals surface area contributed by atoms with E-state index in [4.69, 9.17) is 5.73 Å². The largest absolute Gasteiger partial charge is 0.399 e. The Morgan fingerprint density at radius 1 is 0.947 bits per heavy atom. The third-order valence-corrected chi connectivity index (χ3v) is 3.63. The van der Waals surface area contributed by atoms with Gasteiger partial charge in [0.2, 0.25) is 0 Å². The molecule has 0 aliphatic rings. The van der Waals surface area contributed by atoms with Crippen molar-refractivity contribution in [3.8, 4) is 0 Å². The standard InChI is InChI=1S/C17H30N2/c1-3-4-5-6-7-8-9-10-13-19-16-11-12-17(18)15(2)14-16/h11-12,14,19H,3-10,13,18H2,1-2H3. The van der Waals surface area contributed by atoms with E-state index in [2.05, 4.69) is 31.3 Å². The van der Waals surface area contributed by atoms with Gasteiger partial charge in [-0.25, -0.2) is 0 Å². The van der Waals surface area contributed by atoms with Gasteiger partial charge in [0.05, 0.1) is 0 Å². The summed E-state index contributed by atoms with van der Waals surface area (Å²) in [4.78, 5) is 0. The summed E-state index contributed by atoms with van der Waals surface area (Å²) < 4.78 is 0. The third-order valence-electron chi connectivity index (χ3n) is 3.63. The fourth-order valence-electron chi connectivity index (χ4n) is 2.28. The molecule has 0 amide bonds. The van der Waals surface area contributed by atoms with Gasteiger partial charge < -0.3 is 11.1 Å². The summed E-state index contributed by atoms with van der Waals surface area (Å²) in [7, 11) is 0. The molecule has 0 heterocycles. The van der Waals surface area contributed by atoms with Crippen LogP contribution in [0.15, 0.2) is 18.2 Å². The molecule has 2 heteroatoms. The number of unbranched alkanes of at least 4 members (excludes halogenated alkanes) is 7. The first-order chi connectivity index (χ1) is 9.24. The molecule has 19 heavy (non-hydrogen) atoms. The Labute approximate surface area is 118 Å². The Hall–Kier alpha value is -1.18. The average Bonchev–Trinajstić information content (AvgIpc) is 2.41. The fraction of sp³-hybridized carbons (Fsp3) is 0.647. The SMILES string of the molecule is CCCCCCCCCCNc1ccc(N)c(C)c1. The molecule has 0 atom stereocenters. The minimum absolute atomic E-state index is 0.873. The second-order valence-corrected chi connectivity index (χ2v) is 5.47. The van der Waals surface area contributed by atoms with Crippen LogP contribution in [0.25, 0.3) is 0 Å². The number of aryl methyl sites for hydroxylation is 1. The maximum atomic E-state index is 5.81. The van der Waals surface area contributed by atoms with E-state index in [-0.39, 0.29) is 0 Å². The summed E-state index contributed by atoms with van der Waals surface area (Å²) in [6.07, 6.45) is 11.0. The van der Waals surface area contributed by atoms with E-state index < -0.39 is 0 Å². The summed E-state index contributed by atoms with van der Waals surface area (Å²) >= 11 is 0. The quantitative estimate of drug-likeness (QED) is 0.453. The first-order valence-electron chi connectivity index (χ1n) is 7.84. The van der Waals surface area contributed by atoms with Crippen LogP contribution in [-0.2, 0) is 0 Å². The first-order valence-corrected chi connectivity index (χ1v) is 7.84. The van der Waals surface area contributed by atoms with E-state index in [9.17, 15) is 0 Å². The molecule has 0 spiro atoms. The van der Waals surface area contributed by atoms with Crippen LogP contribution < -0.4 is 11.1 Å². The van der Waals surface area contributed by atoms with E-state index >= 15 is 0 Å². The molecular weight excluding hydrogens is 232 g/mol. The van der Waals surface area contributed by atoms with Crippen molar-refractivity contribution in [2.24, 2.45) is 0 Å². The van der Waals surface area contributed by atoms with E-state index in [0.29, 0.717) is 0 Å². The van der Waals surface area contributed by atoms with Gasteiger partial charge in [-0.05, 0) is 37.1 Å². The molecule has 0 aliphatic carbocycles. The number of rotatable bonds is 10. The average molecular weight is 262 g/mol. The predicted octanol–water partition coefficient (Wildman–Crippen LogP) is 5.13. The van der Waals surface area contributed by atoms with Gasteiger partial charge in [0.25, 0.3) is 0 Å². The highest BCUT2D eigenvalue weighted by Gasteiger charge is 1.96. The Balaban J connectivity index is 2.00. The smallest absolute Gasteiger partial charge is 0.0345 e. The van der Waals surface area contributed by atoms with Crippen LogP contribution in [-0.4, -0.2) is 6.54 Å². The summed E-state index contributed by atoms with van der Waals surface area (Å²) in [6.45, 7) is 5.39. The Morgan fingerprint density at radius 2 is 1.58 bits per heavy atom. The first kappa shape index (κ1) is 15.9. The van der Waals surface area contributed by atoms with Gasteiger partial charge in [0.15, 0.2) is 0 Å². The van der Waals surface area contributed by atoms with E-state index in [1.165, 1.54) is 57.1 Å². The van der Waals surface area contributed by atoms with Gasteiger partial charge >= 0.3 is 0 Å². The lowest BCUT2D eigenvalue weighted by atomic mass is 10.1. The van der Waals surface area contributed by atoms with Crippen molar-refractivity contribution in [1.29, 1.82) is 0 Å². The number of nitrogens with two attached hydrogens (primary N) is 1. The third kappa shape index (κ3) is 7.09. The van der Waals surface area contributed by atoms with Crippen LogP contribution in [0.3, 0.4) is 0 Å². The molecule has 0 unspecified atom stereocenters. The lowest BCUT2D eigenvalue weighted by Gasteiger charge is -2.08. The van der Waals surface area contributed by atoms with Gasteiger partial charge in [-0.1, -0.05) is 51.9 Å². The van der Waals surface area contributed by atoms with Gasteiger partial charge in [0, 0.05) is 17.9 Å². The van der Waals surface area contributed by atoms with Crippen molar-refractivity contribution in [3.05, 3.63) is 23.8 Å². The lowest BCUT2D eigenvalue weighted by molar-refractivity contribution is 0.581. The van der Waals surface area contributed by atoms with Gasteiger partial charge in [-0.2, -0.15) is 0 Å². The van der Waals surface area contributed by atoms with Gasteiger partial charge in [0.1, 0.15) is 0 Å². The van der Waals surface area contributed by atoms with Crippen LogP contribution >= 0.6 is 0 Å². The summed E-state index contributed by atoms with van der Waals surface area (Å²) in [5.41, 5.74) is 9.02. The summed E-state index contributed by atoms with van der Waals surface area (Å²) in [6, 6.07) is 6.17. The molecular formula is C17H30N2. The van der Waals surface area contributed by atoms with Crippen molar-refractivity contribution in [2.45, 2.75) is 65.2 Å². The Morgan fingerprint density at radius 3 is 2.21 bits per heavy atom. The summed E-state index contributed by atoms with van der Waals surface area (Å²) in [5, 5.41) is 3.47. The van der Waals surface area contributed by atoms with Crippen molar-refractivity contribution in [2.75, 3.05) is 17.6 Å². The van der Waals surface area contributed by atoms with E-state index in [0.717, 1.165) is 17.8 Å². The van der Waals surface area contributed by atoms with Crippen LogP contribution in [0, 0.1) is 6.92 Å². The molecule has 2 nitrogen and oxygen atoms in total. The molecule has 0 bridgehead atoms. The molecule has 108 valence electrons. The van der Waals surface area contributed by atoms with Crippen LogP contribution in [0.1, 0.15) is 63.9 Å². The number of hydrogen-bond donors (Lipinski definition) is 2. The lowest BCUT2D eigenvalue weighted by Crippen LogP contribution is -2.02. The zero-order chi connectivity index (χ0) is 13.9. The minimum Gasteiger partial charge on any atom is -0.399 e. The van der Waals surface area contributed by atoms with Crippen molar-refractivity contribution in [3.63, 3.8) is 0 Å². The second kappa shape index (κ2) is 9.71. The Kier molecular flexibility index (Phi) is 8.11. The molecule has 1 aromatic rings. The summed E-state index contributed by atoms with van der Waals surface area (Å²) in [5.74, 6) is 0. The molecule has 0 aromatic heterocycles. The number of benzene rings is 1. The van der Waals surface area contributed by atoms with Crippen LogP contribution in [0.2, 0.25) is 0 Å². The number of anilines is 2. The monoisotopic (exact) mass is 262 g/mol. The van der Waals surface area contributed by atoms with Gasteiger partial charge in [-0.15, -0.1) is 0 Å². The number of nitrogens with one attached hydrogen (secondary N) is 1. The Bertz CT molecular complexity index is 347. The van der Waals surface area contributed by atoms with E-state index in [1.807, 2.05) is 6.07 Å². The minimum atomic E-state index is 0.873. The zero-order valence-electron chi connectivity index (χ0n) is 12.7. The zero-order valence-corrected chi connectivity index (χ0v) is 12.7.